The Balaban J connectivity index is 1.31. The van der Waals surface area contributed by atoms with Crippen LogP contribution in [0.3, 0.4) is 0 Å². The standard InChI is InChI=1S/C24H26N8S/c1-16(2)22-15-31(23-9-8-19(29-30-23)17-13-26-27-14-17)11-12-32(22)24(33)28-21-7-3-6-20-18(21)5-4-10-25-20/h3-10,13-14,16,22H,11-12,15H2,1-2H3,(H,26,27)(H,28,33). The molecule has 1 aromatic carbocycles. The summed E-state index contributed by atoms with van der Waals surface area (Å²) in [7, 11) is 0. The molecular weight excluding hydrogens is 432 g/mol. The summed E-state index contributed by atoms with van der Waals surface area (Å²) in [6, 6.07) is 14.4. The molecule has 33 heavy (non-hydrogen) atoms. The predicted octanol–water partition coefficient (Wildman–Crippen LogP) is 3.96. The number of aromatic amines is 1. The van der Waals surface area contributed by atoms with Crippen molar-refractivity contribution in [3.05, 3.63) is 61.1 Å². The molecule has 5 rings (SSSR count). The van der Waals surface area contributed by atoms with Crippen molar-refractivity contribution in [2.24, 2.45) is 5.92 Å². The quantitative estimate of drug-likeness (QED) is 0.445. The van der Waals surface area contributed by atoms with E-state index in [1.165, 1.54) is 0 Å². The number of thiocarbonyl (C=S) groups is 1. The fourth-order valence-electron chi connectivity index (χ4n) is 4.28. The van der Waals surface area contributed by atoms with E-state index in [0.717, 1.165) is 58.4 Å². The van der Waals surface area contributed by atoms with Crippen LogP contribution in [0.25, 0.3) is 22.2 Å². The maximum atomic E-state index is 5.87. The second-order valence-corrected chi connectivity index (χ2v) is 8.91. The molecule has 8 nitrogen and oxygen atoms in total. The van der Waals surface area contributed by atoms with E-state index < -0.39 is 0 Å². The number of nitrogens with one attached hydrogen (secondary N) is 2. The van der Waals surface area contributed by atoms with Gasteiger partial charge >= 0.3 is 0 Å². The molecule has 0 radical (unpaired) electrons. The van der Waals surface area contributed by atoms with Crippen LogP contribution in [0.1, 0.15) is 13.8 Å². The topological polar surface area (TPSA) is 85.9 Å². The van der Waals surface area contributed by atoms with Crippen LogP contribution >= 0.6 is 12.2 Å². The first-order valence-corrected chi connectivity index (χ1v) is 11.5. The van der Waals surface area contributed by atoms with E-state index in [1.807, 2.05) is 48.8 Å². The average Bonchev–Trinajstić information content (AvgIpc) is 3.39. The van der Waals surface area contributed by atoms with E-state index in [-0.39, 0.29) is 6.04 Å². The van der Waals surface area contributed by atoms with Crippen molar-refractivity contribution in [2.75, 3.05) is 29.9 Å². The lowest BCUT2D eigenvalue weighted by Gasteiger charge is -2.45. The van der Waals surface area contributed by atoms with Gasteiger partial charge < -0.3 is 15.1 Å². The molecule has 1 saturated heterocycles. The third-order valence-electron chi connectivity index (χ3n) is 6.10. The maximum Gasteiger partial charge on any atom is 0.173 e. The second kappa shape index (κ2) is 9.11. The summed E-state index contributed by atoms with van der Waals surface area (Å²) >= 11 is 5.87. The largest absolute Gasteiger partial charge is 0.351 e. The van der Waals surface area contributed by atoms with Gasteiger partial charge in [-0.05, 0) is 54.5 Å². The molecule has 4 aromatic rings. The van der Waals surface area contributed by atoms with Gasteiger partial charge in [0.25, 0.3) is 0 Å². The van der Waals surface area contributed by atoms with Gasteiger partial charge in [-0.3, -0.25) is 10.1 Å². The molecule has 168 valence electrons. The highest BCUT2D eigenvalue weighted by atomic mass is 32.1. The van der Waals surface area contributed by atoms with Gasteiger partial charge in [0.2, 0.25) is 0 Å². The summed E-state index contributed by atoms with van der Waals surface area (Å²) in [5, 5.41) is 21.0. The Morgan fingerprint density at radius 1 is 1.12 bits per heavy atom. The molecule has 9 heteroatoms. The Morgan fingerprint density at radius 2 is 2.03 bits per heavy atom. The summed E-state index contributed by atoms with van der Waals surface area (Å²) in [6.07, 6.45) is 5.37. The zero-order chi connectivity index (χ0) is 22.8. The van der Waals surface area contributed by atoms with E-state index >= 15 is 0 Å². The first-order chi connectivity index (χ1) is 16.1. The Labute approximate surface area is 198 Å². The summed E-state index contributed by atoms with van der Waals surface area (Å²) in [5.74, 6) is 1.30. The lowest BCUT2D eigenvalue weighted by Crippen LogP contribution is -2.58. The molecule has 0 saturated carbocycles. The van der Waals surface area contributed by atoms with E-state index in [4.69, 9.17) is 12.2 Å². The number of hydrogen-bond acceptors (Lipinski definition) is 6. The van der Waals surface area contributed by atoms with Crippen LogP contribution < -0.4 is 10.2 Å². The smallest absolute Gasteiger partial charge is 0.173 e. The highest BCUT2D eigenvalue weighted by Gasteiger charge is 2.31. The summed E-state index contributed by atoms with van der Waals surface area (Å²) in [5.41, 5.74) is 3.67. The fraction of sp³-hybridized carbons (Fsp3) is 0.292. The monoisotopic (exact) mass is 458 g/mol. The number of pyridine rings is 1. The molecule has 0 aliphatic carbocycles. The number of H-pyrrole nitrogens is 1. The Hall–Kier alpha value is -3.59. The van der Waals surface area contributed by atoms with Gasteiger partial charge in [-0.1, -0.05) is 19.9 Å². The number of rotatable bonds is 4. The van der Waals surface area contributed by atoms with Gasteiger partial charge in [-0.2, -0.15) is 5.10 Å². The molecule has 0 amide bonds. The van der Waals surface area contributed by atoms with Crippen molar-refractivity contribution >= 4 is 39.7 Å². The maximum absolute atomic E-state index is 5.87. The van der Waals surface area contributed by atoms with Gasteiger partial charge in [0.15, 0.2) is 10.9 Å². The third kappa shape index (κ3) is 4.36. The van der Waals surface area contributed by atoms with Crippen LogP contribution in [-0.2, 0) is 0 Å². The molecule has 1 unspecified atom stereocenters. The first kappa shape index (κ1) is 21.3. The Kier molecular flexibility index (Phi) is 5.87. The van der Waals surface area contributed by atoms with Gasteiger partial charge in [-0.25, -0.2) is 0 Å². The molecule has 1 atom stereocenters. The summed E-state index contributed by atoms with van der Waals surface area (Å²) in [6.45, 7) is 6.93. The Morgan fingerprint density at radius 3 is 2.79 bits per heavy atom. The number of aromatic nitrogens is 5. The highest BCUT2D eigenvalue weighted by molar-refractivity contribution is 7.80. The normalized spacial score (nSPS) is 16.4. The highest BCUT2D eigenvalue weighted by Crippen LogP contribution is 2.26. The van der Waals surface area contributed by atoms with E-state index in [1.54, 1.807) is 6.20 Å². The van der Waals surface area contributed by atoms with Crippen molar-refractivity contribution in [2.45, 2.75) is 19.9 Å². The third-order valence-corrected chi connectivity index (χ3v) is 6.44. The van der Waals surface area contributed by atoms with Crippen molar-refractivity contribution in [1.29, 1.82) is 0 Å². The summed E-state index contributed by atoms with van der Waals surface area (Å²) in [4.78, 5) is 9.04. The lowest BCUT2D eigenvalue weighted by molar-refractivity contribution is 0.227. The number of piperazine rings is 1. The van der Waals surface area contributed by atoms with Gasteiger partial charge in [0.1, 0.15) is 0 Å². The number of anilines is 2. The number of hydrogen-bond donors (Lipinski definition) is 2. The molecule has 0 spiro atoms. The molecule has 4 heterocycles. The van der Waals surface area contributed by atoms with Crippen LogP contribution in [0.5, 0.6) is 0 Å². The number of fused-ring (bicyclic) bond motifs is 1. The zero-order valence-electron chi connectivity index (χ0n) is 18.6. The molecule has 1 aliphatic heterocycles. The van der Waals surface area contributed by atoms with Crippen LogP contribution in [-0.4, -0.2) is 61.1 Å². The van der Waals surface area contributed by atoms with Gasteiger partial charge in [-0.15, -0.1) is 10.2 Å². The lowest BCUT2D eigenvalue weighted by atomic mass is 10.00. The summed E-state index contributed by atoms with van der Waals surface area (Å²) < 4.78 is 0. The van der Waals surface area contributed by atoms with Crippen LogP contribution in [0, 0.1) is 5.92 Å². The van der Waals surface area contributed by atoms with E-state index in [2.05, 4.69) is 60.4 Å². The fourth-order valence-corrected chi connectivity index (χ4v) is 4.62. The van der Waals surface area contributed by atoms with E-state index in [9.17, 15) is 0 Å². The number of benzene rings is 1. The number of nitrogens with zero attached hydrogens (tertiary/aromatic N) is 6. The van der Waals surface area contributed by atoms with Crippen molar-refractivity contribution in [3.8, 4) is 11.3 Å². The molecule has 2 N–H and O–H groups in total. The minimum absolute atomic E-state index is 0.252. The zero-order valence-corrected chi connectivity index (χ0v) is 19.5. The first-order valence-electron chi connectivity index (χ1n) is 11.1. The molecule has 3 aromatic heterocycles. The average molecular weight is 459 g/mol. The molecule has 1 aliphatic rings. The van der Waals surface area contributed by atoms with Crippen molar-refractivity contribution < 1.29 is 0 Å². The minimum atomic E-state index is 0.252. The van der Waals surface area contributed by atoms with Gasteiger partial charge in [0.05, 0.1) is 23.4 Å². The van der Waals surface area contributed by atoms with Crippen LogP contribution in [0.2, 0.25) is 0 Å². The van der Waals surface area contributed by atoms with E-state index in [0.29, 0.717) is 5.92 Å². The van der Waals surface area contributed by atoms with Crippen molar-refractivity contribution in [1.82, 2.24) is 30.3 Å². The predicted molar refractivity (Wildman–Crippen MR) is 135 cm³/mol. The second-order valence-electron chi connectivity index (χ2n) is 8.52. The molecule has 1 fully saturated rings. The van der Waals surface area contributed by atoms with Crippen LogP contribution in [0.15, 0.2) is 61.1 Å². The minimum Gasteiger partial charge on any atom is -0.351 e. The SMILES string of the molecule is CC(C)C1CN(c2ccc(-c3cn[nH]c3)nn2)CCN1C(=S)Nc1cccc2ncccc12. The van der Waals surface area contributed by atoms with Crippen molar-refractivity contribution in [3.63, 3.8) is 0 Å². The van der Waals surface area contributed by atoms with Crippen LogP contribution in [0.4, 0.5) is 11.5 Å². The van der Waals surface area contributed by atoms with Gasteiger partial charge in [0, 0.05) is 48.7 Å². The Bertz CT molecular complexity index is 1230. The molecule has 0 bridgehead atoms. The molecular formula is C24H26N8S.